The van der Waals surface area contributed by atoms with E-state index in [2.05, 4.69) is 10.4 Å². The van der Waals surface area contributed by atoms with Crippen LogP contribution in [-0.4, -0.2) is 46.5 Å². The van der Waals surface area contributed by atoms with E-state index in [9.17, 15) is 14.0 Å². The Kier molecular flexibility index (Phi) is 5.64. The van der Waals surface area contributed by atoms with E-state index in [4.69, 9.17) is 9.84 Å². The molecule has 1 heterocycles. The number of ether oxygens (including phenoxy) is 1. The summed E-state index contributed by atoms with van der Waals surface area (Å²) in [7, 11) is 1.45. The van der Waals surface area contributed by atoms with Crippen LogP contribution in [0.3, 0.4) is 0 Å². The number of nitrogens with one attached hydrogen (secondary N) is 1. The largest absolute Gasteiger partial charge is 0.480 e. The molecule has 1 unspecified atom stereocenters. The fourth-order valence-corrected chi connectivity index (χ4v) is 2.23. The van der Waals surface area contributed by atoms with Crippen LogP contribution in [-0.2, 0) is 9.53 Å². The second-order valence-corrected chi connectivity index (χ2v) is 5.15. The molecule has 0 bridgehead atoms. The Balaban J connectivity index is 2.22. The van der Waals surface area contributed by atoms with Crippen LogP contribution in [0.2, 0.25) is 0 Å². The molecule has 0 fully saturated rings. The summed E-state index contributed by atoms with van der Waals surface area (Å²) in [5.74, 6) is -2.21. The normalized spacial score (nSPS) is 12.0. The molecule has 0 saturated carbocycles. The highest BCUT2D eigenvalue weighted by Crippen LogP contribution is 2.17. The number of benzene rings is 1. The molecule has 2 rings (SSSR count). The van der Waals surface area contributed by atoms with Gasteiger partial charge in [-0.1, -0.05) is 12.1 Å². The smallest absolute Gasteiger partial charge is 0.326 e. The van der Waals surface area contributed by atoms with E-state index in [1.165, 1.54) is 30.1 Å². The molecule has 1 amide bonds. The highest BCUT2D eigenvalue weighted by molar-refractivity contribution is 5.97. The Morgan fingerprint density at radius 2 is 2.12 bits per heavy atom. The van der Waals surface area contributed by atoms with E-state index in [0.717, 1.165) is 0 Å². The number of carbonyl (C=O) groups excluding carboxylic acids is 1. The van der Waals surface area contributed by atoms with Crippen LogP contribution in [0.1, 0.15) is 22.5 Å². The van der Waals surface area contributed by atoms with Gasteiger partial charge in [0.15, 0.2) is 0 Å². The predicted octanol–water partition coefficient (Wildman–Crippen LogP) is 1.54. The first-order valence-corrected chi connectivity index (χ1v) is 7.27. The van der Waals surface area contributed by atoms with E-state index in [1.807, 2.05) is 0 Å². The van der Waals surface area contributed by atoms with Gasteiger partial charge in [-0.15, -0.1) is 0 Å². The van der Waals surface area contributed by atoms with Gasteiger partial charge < -0.3 is 15.2 Å². The van der Waals surface area contributed by atoms with Gasteiger partial charge in [0, 0.05) is 20.1 Å². The maximum Gasteiger partial charge on any atom is 0.326 e. The van der Waals surface area contributed by atoms with Crippen molar-refractivity contribution >= 4 is 11.9 Å². The third kappa shape index (κ3) is 3.77. The van der Waals surface area contributed by atoms with E-state index in [0.29, 0.717) is 5.69 Å². The summed E-state index contributed by atoms with van der Waals surface area (Å²) in [4.78, 5) is 23.5. The molecule has 0 saturated heterocycles. The summed E-state index contributed by atoms with van der Waals surface area (Å²) in [6, 6.07) is 4.97. The van der Waals surface area contributed by atoms with Crippen LogP contribution in [0, 0.1) is 12.7 Å². The number of carboxylic acid groups (broad SMARTS) is 1. The SMILES string of the molecule is COCCC(NC(=O)c1cnn(-c2ccccc2F)c1C)C(=O)O. The fraction of sp³-hybridized carbons (Fsp3) is 0.312. The molecule has 1 atom stereocenters. The monoisotopic (exact) mass is 335 g/mol. The van der Waals surface area contributed by atoms with Gasteiger partial charge in [0.2, 0.25) is 0 Å². The second kappa shape index (κ2) is 7.69. The van der Waals surface area contributed by atoms with Crippen LogP contribution < -0.4 is 5.32 Å². The van der Waals surface area contributed by atoms with Gasteiger partial charge in [-0.3, -0.25) is 4.79 Å². The van der Waals surface area contributed by atoms with Crippen molar-refractivity contribution in [2.75, 3.05) is 13.7 Å². The first-order chi connectivity index (χ1) is 11.5. The third-order valence-electron chi connectivity index (χ3n) is 3.55. The molecule has 2 N–H and O–H groups in total. The van der Waals surface area contributed by atoms with Crippen molar-refractivity contribution < 1.29 is 23.8 Å². The van der Waals surface area contributed by atoms with Crippen molar-refractivity contribution in [2.24, 2.45) is 0 Å². The maximum absolute atomic E-state index is 13.9. The molecule has 0 aliphatic rings. The van der Waals surface area contributed by atoms with Crippen LogP contribution in [0.4, 0.5) is 4.39 Å². The molecule has 0 radical (unpaired) electrons. The summed E-state index contributed by atoms with van der Waals surface area (Å²) in [5, 5.41) is 15.6. The zero-order valence-electron chi connectivity index (χ0n) is 13.3. The van der Waals surface area contributed by atoms with Crippen LogP contribution in [0.5, 0.6) is 0 Å². The summed E-state index contributed by atoms with van der Waals surface area (Å²) >= 11 is 0. The van der Waals surface area contributed by atoms with E-state index in [1.54, 1.807) is 19.1 Å². The topological polar surface area (TPSA) is 93.5 Å². The number of methoxy groups -OCH3 is 1. The molecule has 7 nitrogen and oxygen atoms in total. The highest BCUT2D eigenvalue weighted by Gasteiger charge is 2.23. The van der Waals surface area contributed by atoms with Crippen molar-refractivity contribution in [1.29, 1.82) is 0 Å². The summed E-state index contributed by atoms with van der Waals surface area (Å²) in [6.45, 7) is 1.81. The fourth-order valence-electron chi connectivity index (χ4n) is 2.23. The van der Waals surface area contributed by atoms with E-state index in [-0.39, 0.29) is 24.3 Å². The molecule has 0 aliphatic carbocycles. The summed E-state index contributed by atoms with van der Waals surface area (Å²) in [5.41, 5.74) is 0.804. The van der Waals surface area contributed by atoms with Gasteiger partial charge in [-0.05, 0) is 19.1 Å². The van der Waals surface area contributed by atoms with Gasteiger partial charge in [-0.2, -0.15) is 5.10 Å². The minimum Gasteiger partial charge on any atom is -0.480 e. The first kappa shape index (κ1) is 17.6. The van der Waals surface area contributed by atoms with Crippen LogP contribution in [0.15, 0.2) is 30.5 Å². The number of aromatic nitrogens is 2. The lowest BCUT2D eigenvalue weighted by Crippen LogP contribution is -2.41. The number of halogens is 1. The summed E-state index contributed by atoms with van der Waals surface area (Å²) < 4.78 is 20.0. The molecule has 128 valence electrons. The van der Waals surface area contributed by atoms with Crippen molar-refractivity contribution in [3.63, 3.8) is 0 Å². The number of nitrogens with zero attached hydrogens (tertiary/aromatic N) is 2. The average molecular weight is 335 g/mol. The molecule has 0 spiro atoms. The molecule has 1 aromatic heterocycles. The van der Waals surface area contributed by atoms with Gasteiger partial charge >= 0.3 is 5.97 Å². The lowest BCUT2D eigenvalue weighted by molar-refractivity contribution is -0.139. The average Bonchev–Trinajstić information content (AvgIpc) is 2.93. The Labute approximate surface area is 138 Å². The lowest BCUT2D eigenvalue weighted by Gasteiger charge is -2.14. The number of hydrogen-bond donors (Lipinski definition) is 2. The first-order valence-electron chi connectivity index (χ1n) is 7.27. The van der Waals surface area contributed by atoms with Crippen molar-refractivity contribution in [3.05, 3.63) is 47.5 Å². The van der Waals surface area contributed by atoms with Crippen molar-refractivity contribution in [3.8, 4) is 5.69 Å². The zero-order chi connectivity index (χ0) is 17.7. The Hall–Kier alpha value is -2.74. The number of hydrogen-bond acceptors (Lipinski definition) is 4. The number of aliphatic carboxylic acids is 1. The van der Waals surface area contributed by atoms with Crippen LogP contribution >= 0.6 is 0 Å². The van der Waals surface area contributed by atoms with Gasteiger partial charge in [0.1, 0.15) is 17.5 Å². The molecule has 0 aliphatic heterocycles. The van der Waals surface area contributed by atoms with Gasteiger partial charge in [0.05, 0.1) is 17.5 Å². The summed E-state index contributed by atoms with van der Waals surface area (Å²) in [6.07, 6.45) is 1.42. The highest BCUT2D eigenvalue weighted by atomic mass is 19.1. The quantitative estimate of drug-likeness (QED) is 0.800. The van der Waals surface area contributed by atoms with Gasteiger partial charge in [-0.25, -0.2) is 13.9 Å². The van der Waals surface area contributed by atoms with Crippen molar-refractivity contribution in [2.45, 2.75) is 19.4 Å². The third-order valence-corrected chi connectivity index (χ3v) is 3.55. The molecule has 24 heavy (non-hydrogen) atoms. The second-order valence-electron chi connectivity index (χ2n) is 5.15. The number of carbonyl (C=O) groups is 2. The predicted molar refractivity (Wildman–Crippen MR) is 83.6 cm³/mol. The minimum atomic E-state index is -1.15. The van der Waals surface area contributed by atoms with Crippen LogP contribution in [0.25, 0.3) is 5.69 Å². The molecular weight excluding hydrogens is 317 g/mol. The van der Waals surface area contributed by atoms with Gasteiger partial charge in [0.25, 0.3) is 5.91 Å². The minimum absolute atomic E-state index is 0.137. The lowest BCUT2D eigenvalue weighted by atomic mass is 10.2. The molecule has 8 heteroatoms. The Morgan fingerprint density at radius 3 is 2.75 bits per heavy atom. The number of amides is 1. The van der Waals surface area contributed by atoms with E-state index >= 15 is 0 Å². The molecule has 2 aromatic rings. The standard InChI is InChI=1S/C16H18FN3O4/c1-10-11(15(21)19-13(16(22)23)7-8-24-2)9-18-20(10)14-6-4-3-5-12(14)17/h3-6,9,13H,7-8H2,1-2H3,(H,19,21)(H,22,23). The number of carboxylic acids is 1. The molecular formula is C16H18FN3O4. The zero-order valence-corrected chi connectivity index (χ0v) is 13.3. The Bertz CT molecular complexity index is 745. The Morgan fingerprint density at radius 1 is 1.42 bits per heavy atom. The van der Waals surface area contributed by atoms with Crippen molar-refractivity contribution in [1.82, 2.24) is 15.1 Å². The van der Waals surface area contributed by atoms with E-state index < -0.39 is 23.7 Å². The molecule has 1 aromatic carbocycles. The maximum atomic E-state index is 13.9. The number of para-hydroxylation sites is 1. The number of rotatable bonds is 7.